The van der Waals surface area contributed by atoms with E-state index >= 15 is 0 Å². The van der Waals surface area contributed by atoms with E-state index in [4.69, 9.17) is 4.74 Å². The monoisotopic (exact) mass is 400 g/mol. The molecule has 0 N–H and O–H groups in total. The van der Waals surface area contributed by atoms with Gasteiger partial charge in [0.25, 0.3) is 0 Å². The highest BCUT2D eigenvalue weighted by Crippen LogP contribution is 2.69. The molecule has 0 heterocycles. The lowest BCUT2D eigenvalue weighted by molar-refractivity contribution is -0.181. The quantitative estimate of drug-likeness (QED) is 0.499. The van der Waals surface area contributed by atoms with Crippen molar-refractivity contribution < 1.29 is 19.1 Å². The molecule has 4 aliphatic carbocycles. The molecule has 0 saturated heterocycles. The van der Waals surface area contributed by atoms with Crippen LogP contribution in [0.3, 0.4) is 0 Å². The minimum atomic E-state index is -0.489. The highest BCUT2D eigenvalue weighted by molar-refractivity contribution is 5.94. The molecule has 0 bridgehead atoms. The number of esters is 1. The average molecular weight is 401 g/mol. The fourth-order valence-electron chi connectivity index (χ4n) is 7.99. The Balaban J connectivity index is 1.73. The van der Waals surface area contributed by atoms with Gasteiger partial charge in [0.15, 0.2) is 5.78 Å². The Bertz CT molecular complexity index is 769. The van der Waals surface area contributed by atoms with Crippen LogP contribution in [0.15, 0.2) is 11.6 Å². The van der Waals surface area contributed by atoms with Gasteiger partial charge in [-0.2, -0.15) is 0 Å². The summed E-state index contributed by atoms with van der Waals surface area (Å²) in [5, 5.41) is 0. The maximum Gasteiger partial charge on any atom is 0.306 e. The summed E-state index contributed by atoms with van der Waals surface area (Å²) in [5.74, 6) is 1.59. The number of hydrogen-bond donors (Lipinski definition) is 0. The minimum Gasteiger partial charge on any atom is -0.459 e. The summed E-state index contributed by atoms with van der Waals surface area (Å²) >= 11 is 0. The van der Waals surface area contributed by atoms with Crippen molar-refractivity contribution in [3.05, 3.63) is 11.6 Å². The second kappa shape index (κ2) is 6.78. The van der Waals surface area contributed by atoms with E-state index in [1.54, 1.807) is 0 Å². The summed E-state index contributed by atoms with van der Waals surface area (Å²) in [7, 11) is 0. The molecular weight excluding hydrogens is 364 g/mol. The van der Waals surface area contributed by atoms with Crippen molar-refractivity contribution in [3.63, 3.8) is 0 Å². The second-order valence-electron chi connectivity index (χ2n) is 10.8. The van der Waals surface area contributed by atoms with Gasteiger partial charge in [0.1, 0.15) is 11.9 Å². The normalized spacial score (nSPS) is 48.8. The average Bonchev–Trinajstić information content (AvgIpc) is 2.93. The molecule has 4 heteroatoms. The second-order valence-corrected chi connectivity index (χ2v) is 10.8. The summed E-state index contributed by atoms with van der Waals surface area (Å²) in [6.45, 7) is 10.6. The van der Waals surface area contributed by atoms with Crippen LogP contribution < -0.4 is 0 Å². The predicted octanol–water partition coefficient (Wildman–Crippen LogP) is 4.90. The fraction of sp³-hybridized carbons (Fsp3) is 0.800. The van der Waals surface area contributed by atoms with E-state index in [0.717, 1.165) is 37.7 Å². The Hall–Kier alpha value is -1.45. The largest absolute Gasteiger partial charge is 0.459 e. The molecule has 4 aliphatic rings. The van der Waals surface area contributed by atoms with Gasteiger partial charge in [0.05, 0.1) is 5.41 Å². The number of ketones is 1. The molecule has 0 unspecified atom stereocenters. The summed E-state index contributed by atoms with van der Waals surface area (Å²) < 4.78 is 6.06. The third kappa shape index (κ3) is 2.66. The molecule has 160 valence electrons. The summed E-state index contributed by atoms with van der Waals surface area (Å²) in [5.41, 5.74) is 0.144. The van der Waals surface area contributed by atoms with Gasteiger partial charge < -0.3 is 9.53 Å². The Labute approximate surface area is 174 Å². The van der Waals surface area contributed by atoms with Gasteiger partial charge in [-0.3, -0.25) is 9.59 Å². The molecule has 0 radical (unpaired) electrons. The molecule has 4 nitrogen and oxygen atoms in total. The Kier molecular flexibility index (Phi) is 4.87. The first-order valence-corrected chi connectivity index (χ1v) is 11.6. The van der Waals surface area contributed by atoms with Crippen molar-refractivity contribution in [2.75, 3.05) is 0 Å². The lowest BCUT2D eigenvalue weighted by Gasteiger charge is -2.61. The highest BCUT2D eigenvalue weighted by Gasteiger charge is 2.66. The van der Waals surface area contributed by atoms with Gasteiger partial charge in [0.2, 0.25) is 0 Å². The molecule has 3 saturated carbocycles. The minimum absolute atomic E-state index is 0.0439. The number of ether oxygens (including phenoxy) is 1. The van der Waals surface area contributed by atoms with Crippen LogP contribution in [0.25, 0.3) is 0 Å². The molecule has 8 atom stereocenters. The van der Waals surface area contributed by atoms with Crippen LogP contribution in [0, 0.1) is 40.4 Å². The van der Waals surface area contributed by atoms with Crippen LogP contribution >= 0.6 is 0 Å². The lowest BCUT2D eigenvalue weighted by Crippen LogP contribution is -2.59. The third-order valence-corrected chi connectivity index (χ3v) is 9.70. The lowest BCUT2D eigenvalue weighted by atomic mass is 9.43. The van der Waals surface area contributed by atoms with Crippen molar-refractivity contribution in [2.24, 2.45) is 40.4 Å². The van der Waals surface area contributed by atoms with E-state index in [0.29, 0.717) is 30.6 Å². The van der Waals surface area contributed by atoms with E-state index in [1.807, 2.05) is 13.0 Å². The van der Waals surface area contributed by atoms with Crippen molar-refractivity contribution >= 4 is 18.0 Å². The Morgan fingerprint density at radius 1 is 1.21 bits per heavy atom. The third-order valence-electron chi connectivity index (χ3n) is 9.70. The van der Waals surface area contributed by atoms with Crippen LogP contribution in [-0.2, 0) is 19.1 Å². The van der Waals surface area contributed by atoms with Gasteiger partial charge in [-0.1, -0.05) is 33.3 Å². The molecule has 0 aliphatic heterocycles. The first-order chi connectivity index (χ1) is 13.6. The van der Waals surface area contributed by atoms with E-state index in [9.17, 15) is 14.4 Å². The first-order valence-electron chi connectivity index (χ1n) is 11.6. The zero-order valence-corrected chi connectivity index (χ0v) is 18.6. The molecule has 0 aromatic heterocycles. The molecule has 0 aromatic rings. The van der Waals surface area contributed by atoms with Gasteiger partial charge in [0, 0.05) is 18.3 Å². The van der Waals surface area contributed by atoms with Gasteiger partial charge in [-0.25, -0.2) is 0 Å². The number of carbonyl (C=O) groups is 3. The fourth-order valence-corrected chi connectivity index (χ4v) is 7.99. The van der Waals surface area contributed by atoms with Crippen LogP contribution in [0.4, 0.5) is 0 Å². The van der Waals surface area contributed by atoms with Crippen molar-refractivity contribution in [2.45, 2.75) is 85.2 Å². The summed E-state index contributed by atoms with van der Waals surface area (Å²) in [6, 6.07) is 0. The van der Waals surface area contributed by atoms with Gasteiger partial charge >= 0.3 is 5.97 Å². The molecule has 0 spiro atoms. The topological polar surface area (TPSA) is 60.4 Å². The molecular formula is C25H36O4. The number of hydrogen-bond acceptors (Lipinski definition) is 4. The smallest absolute Gasteiger partial charge is 0.306 e. The van der Waals surface area contributed by atoms with E-state index < -0.39 is 11.0 Å². The van der Waals surface area contributed by atoms with E-state index in [2.05, 4.69) is 27.7 Å². The Morgan fingerprint density at radius 2 is 1.90 bits per heavy atom. The number of fused-ring (bicyclic) bond motifs is 5. The van der Waals surface area contributed by atoms with Crippen LogP contribution in [0.2, 0.25) is 0 Å². The zero-order chi connectivity index (χ0) is 21.2. The number of allylic oxidation sites excluding steroid dienone is 1. The number of aldehydes is 1. The predicted molar refractivity (Wildman–Crippen MR) is 111 cm³/mol. The van der Waals surface area contributed by atoms with Crippen molar-refractivity contribution in [1.29, 1.82) is 0 Å². The van der Waals surface area contributed by atoms with Crippen LogP contribution in [0.1, 0.15) is 79.6 Å². The molecule has 29 heavy (non-hydrogen) atoms. The molecule has 4 rings (SSSR count). The maximum absolute atomic E-state index is 12.7. The SMILES string of the molecule is CCC(=O)O[C@@]1(C)CC[C@H]2[C@@H]3C[C@H](C)C4=CC(=O)C[C@H](C)[C@]4(C=O)[C@H]3CC[C@@]21C. The maximum atomic E-state index is 12.7. The number of carbonyl (C=O) groups excluding carboxylic acids is 3. The van der Waals surface area contributed by atoms with Crippen molar-refractivity contribution in [3.8, 4) is 0 Å². The number of rotatable bonds is 3. The van der Waals surface area contributed by atoms with Crippen molar-refractivity contribution in [1.82, 2.24) is 0 Å². The van der Waals surface area contributed by atoms with E-state index in [-0.39, 0.29) is 29.0 Å². The zero-order valence-electron chi connectivity index (χ0n) is 18.6. The molecule has 0 aromatic carbocycles. The standard InChI is InChI=1S/C25H36O4/c1-6-22(28)29-24(5)10-8-19-18-11-15(2)21-13-17(27)12-16(3)25(21,14-26)20(18)7-9-23(19,24)4/h13-16,18-20H,6-12H2,1-5H3/t15-,16-,18-,19-,20-,23-,24-,25+/m0/s1. The first kappa shape index (κ1) is 20.8. The van der Waals surface area contributed by atoms with Gasteiger partial charge in [-0.15, -0.1) is 0 Å². The van der Waals surface area contributed by atoms with Crippen LogP contribution in [-0.4, -0.2) is 23.6 Å². The highest BCUT2D eigenvalue weighted by atomic mass is 16.6. The van der Waals surface area contributed by atoms with Crippen LogP contribution in [0.5, 0.6) is 0 Å². The van der Waals surface area contributed by atoms with E-state index in [1.165, 1.54) is 6.29 Å². The summed E-state index contributed by atoms with van der Waals surface area (Å²) in [4.78, 5) is 37.2. The Morgan fingerprint density at radius 3 is 2.55 bits per heavy atom. The van der Waals surface area contributed by atoms with Gasteiger partial charge in [-0.05, 0) is 74.7 Å². The molecule has 3 fully saturated rings. The summed E-state index contributed by atoms with van der Waals surface area (Å²) in [6.07, 6.45) is 8.84. The molecule has 0 amide bonds.